The van der Waals surface area contributed by atoms with E-state index >= 15 is 0 Å². The molecule has 1 N–H and O–H groups in total. The summed E-state index contributed by atoms with van der Waals surface area (Å²) in [6, 6.07) is 3.41. The fourth-order valence-electron chi connectivity index (χ4n) is 1.64. The van der Waals surface area contributed by atoms with E-state index in [9.17, 15) is 10.1 Å². The molecule has 19 heavy (non-hydrogen) atoms. The molecule has 0 aliphatic carbocycles. The standard InChI is InChI=1S/C11H11ClN4O2S/c1-3-13-11-14-6(2)10(16(17)18)9(15-11)7-4-5-8(12)19-7/h4-5H,3H2,1-2H3,(H,13,14,15). The van der Waals surface area contributed by atoms with Crippen molar-refractivity contribution in [2.75, 3.05) is 11.9 Å². The Morgan fingerprint density at radius 2 is 2.21 bits per heavy atom. The summed E-state index contributed by atoms with van der Waals surface area (Å²) < 4.78 is 0.561. The molecule has 6 nitrogen and oxygen atoms in total. The molecule has 8 heteroatoms. The highest BCUT2D eigenvalue weighted by molar-refractivity contribution is 7.19. The second kappa shape index (κ2) is 5.50. The molecule has 0 unspecified atom stereocenters. The maximum Gasteiger partial charge on any atom is 0.317 e. The maximum absolute atomic E-state index is 11.2. The average molecular weight is 299 g/mol. The van der Waals surface area contributed by atoms with Crippen LogP contribution in [0.2, 0.25) is 4.34 Å². The quantitative estimate of drug-likeness (QED) is 0.690. The van der Waals surface area contributed by atoms with Gasteiger partial charge in [0.25, 0.3) is 0 Å². The van der Waals surface area contributed by atoms with Gasteiger partial charge in [-0.1, -0.05) is 11.6 Å². The predicted octanol–water partition coefficient (Wildman–Crippen LogP) is 3.51. The summed E-state index contributed by atoms with van der Waals surface area (Å²) in [5.74, 6) is 0.380. The first-order chi connectivity index (χ1) is 9.02. The molecule has 0 radical (unpaired) electrons. The predicted molar refractivity (Wildman–Crippen MR) is 75.9 cm³/mol. The van der Waals surface area contributed by atoms with Crippen LogP contribution >= 0.6 is 22.9 Å². The summed E-state index contributed by atoms with van der Waals surface area (Å²) in [5, 5.41) is 14.1. The molecular weight excluding hydrogens is 288 g/mol. The highest BCUT2D eigenvalue weighted by Crippen LogP contribution is 2.36. The van der Waals surface area contributed by atoms with Crippen molar-refractivity contribution in [2.45, 2.75) is 13.8 Å². The smallest absolute Gasteiger partial charge is 0.317 e. The Morgan fingerprint density at radius 3 is 2.74 bits per heavy atom. The molecule has 0 aliphatic heterocycles. The van der Waals surface area contributed by atoms with Gasteiger partial charge in [-0.05, 0) is 26.0 Å². The highest BCUT2D eigenvalue weighted by Gasteiger charge is 2.24. The van der Waals surface area contributed by atoms with Crippen LogP contribution in [0.25, 0.3) is 10.6 Å². The van der Waals surface area contributed by atoms with Crippen LogP contribution in [-0.2, 0) is 0 Å². The highest BCUT2D eigenvalue weighted by atomic mass is 35.5. The van der Waals surface area contributed by atoms with Gasteiger partial charge in [0.2, 0.25) is 5.95 Å². The number of thiophene rings is 1. The van der Waals surface area contributed by atoms with Crippen LogP contribution in [0.5, 0.6) is 0 Å². The lowest BCUT2D eigenvalue weighted by Crippen LogP contribution is -2.07. The average Bonchev–Trinajstić information content (AvgIpc) is 2.75. The number of nitro groups is 1. The van der Waals surface area contributed by atoms with Crippen molar-refractivity contribution in [3.63, 3.8) is 0 Å². The van der Waals surface area contributed by atoms with Crippen molar-refractivity contribution < 1.29 is 4.92 Å². The minimum Gasteiger partial charge on any atom is -0.354 e. The zero-order valence-corrected chi connectivity index (χ0v) is 11.9. The van der Waals surface area contributed by atoms with E-state index in [2.05, 4.69) is 15.3 Å². The Morgan fingerprint density at radius 1 is 1.47 bits per heavy atom. The van der Waals surface area contributed by atoms with Crippen molar-refractivity contribution in [3.05, 3.63) is 32.3 Å². The van der Waals surface area contributed by atoms with Gasteiger partial charge in [0.05, 0.1) is 14.1 Å². The summed E-state index contributed by atoms with van der Waals surface area (Å²) in [5.41, 5.74) is 0.543. The number of nitrogens with one attached hydrogen (secondary N) is 1. The second-order valence-corrected chi connectivity index (χ2v) is 5.44. The van der Waals surface area contributed by atoms with Crippen LogP contribution in [0.15, 0.2) is 12.1 Å². The number of hydrogen-bond acceptors (Lipinski definition) is 6. The maximum atomic E-state index is 11.2. The third-order valence-corrected chi connectivity index (χ3v) is 3.62. The Balaban J connectivity index is 2.64. The van der Waals surface area contributed by atoms with Crippen molar-refractivity contribution in [3.8, 4) is 10.6 Å². The SMILES string of the molecule is CCNc1nc(C)c([N+](=O)[O-])c(-c2ccc(Cl)s2)n1. The van der Waals surface area contributed by atoms with Gasteiger partial charge in [0.1, 0.15) is 5.69 Å². The van der Waals surface area contributed by atoms with E-state index in [1.165, 1.54) is 11.3 Å². The zero-order chi connectivity index (χ0) is 14.0. The van der Waals surface area contributed by atoms with Gasteiger partial charge in [-0.25, -0.2) is 9.97 Å². The van der Waals surface area contributed by atoms with Gasteiger partial charge in [0.15, 0.2) is 5.69 Å². The molecule has 0 spiro atoms. The fraction of sp³-hybridized carbons (Fsp3) is 0.273. The minimum atomic E-state index is -0.464. The van der Waals surface area contributed by atoms with Gasteiger partial charge >= 0.3 is 5.69 Å². The van der Waals surface area contributed by atoms with Gasteiger partial charge in [-0.15, -0.1) is 11.3 Å². The van der Waals surface area contributed by atoms with Crippen molar-refractivity contribution in [2.24, 2.45) is 0 Å². The van der Waals surface area contributed by atoms with Crippen molar-refractivity contribution >= 4 is 34.6 Å². The summed E-state index contributed by atoms with van der Waals surface area (Å²) in [6.07, 6.45) is 0. The van der Waals surface area contributed by atoms with Crippen LogP contribution in [0, 0.1) is 17.0 Å². The van der Waals surface area contributed by atoms with Crippen LogP contribution < -0.4 is 5.32 Å². The Kier molecular flexibility index (Phi) is 3.96. The number of anilines is 1. The second-order valence-electron chi connectivity index (χ2n) is 3.72. The van der Waals surface area contributed by atoms with Gasteiger partial charge in [0, 0.05) is 6.54 Å². The first-order valence-electron chi connectivity index (χ1n) is 5.55. The van der Waals surface area contributed by atoms with E-state index < -0.39 is 4.92 Å². The molecule has 100 valence electrons. The molecule has 2 aromatic rings. The van der Waals surface area contributed by atoms with Gasteiger partial charge < -0.3 is 5.32 Å². The first kappa shape index (κ1) is 13.7. The molecule has 0 aliphatic rings. The topological polar surface area (TPSA) is 81.0 Å². The fourth-order valence-corrected chi connectivity index (χ4v) is 2.67. The number of nitrogens with zero attached hydrogens (tertiary/aromatic N) is 3. The number of hydrogen-bond donors (Lipinski definition) is 1. The Bertz CT molecular complexity index is 629. The number of aromatic nitrogens is 2. The first-order valence-corrected chi connectivity index (χ1v) is 6.75. The van der Waals surface area contributed by atoms with Crippen LogP contribution in [0.1, 0.15) is 12.6 Å². The molecule has 0 aromatic carbocycles. The number of halogens is 1. The molecular formula is C11H11ClN4O2S. The lowest BCUT2D eigenvalue weighted by atomic mass is 10.2. The summed E-state index contributed by atoms with van der Waals surface area (Å²) in [4.78, 5) is 19.7. The van der Waals surface area contributed by atoms with E-state index in [0.717, 1.165) is 0 Å². The lowest BCUT2D eigenvalue weighted by molar-refractivity contribution is -0.385. The van der Waals surface area contributed by atoms with E-state index in [1.807, 2.05) is 6.92 Å². The third-order valence-electron chi connectivity index (χ3n) is 2.38. The summed E-state index contributed by atoms with van der Waals surface area (Å²) in [6.45, 7) is 4.14. The van der Waals surface area contributed by atoms with Crippen LogP contribution in [0.3, 0.4) is 0 Å². The molecule has 0 amide bonds. The monoisotopic (exact) mass is 298 g/mol. The molecule has 0 fully saturated rings. The zero-order valence-electron chi connectivity index (χ0n) is 10.3. The van der Waals surface area contributed by atoms with E-state index in [4.69, 9.17) is 11.6 Å². The Labute approximate surface area is 118 Å². The molecule has 2 heterocycles. The van der Waals surface area contributed by atoms with E-state index in [-0.39, 0.29) is 5.69 Å². The molecule has 0 bridgehead atoms. The summed E-state index contributed by atoms with van der Waals surface area (Å²) >= 11 is 7.12. The third kappa shape index (κ3) is 2.82. The minimum absolute atomic E-state index is 0.0832. The summed E-state index contributed by atoms with van der Waals surface area (Å²) in [7, 11) is 0. The van der Waals surface area contributed by atoms with Crippen molar-refractivity contribution in [1.29, 1.82) is 0 Å². The van der Waals surface area contributed by atoms with Crippen LogP contribution in [-0.4, -0.2) is 21.4 Å². The van der Waals surface area contributed by atoms with E-state index in [1.54, 1.807) is 19.1 Å². The Hall–Kier alpha value is -1.73. The van der Waals surface area contributed by atoms with Crippen LogP contribution in [0.4, 0.5) is 11.6 Å². The molecule has 0 atom stereocenters. The molecule has 2 rings (SSSR count). The van der Waals surface area contributed by atoms with Gasteiger partial charge in [-0.2, -0.15) is 0 Å². The molecule has 0 saturated heterocycles. The van der Waals surface area contributed by atoms with Crippen molar-refractivity contribution in [1.82, 2.24) is 9.97 Å². The number of rotatable bonds is 4. The molecule has 0 saturated carbocycles. The molecule has 2 aromatic heterocycles. The van der Waals surface area contributed by atoms with E-state index in [0.29, 0.717) is 33.1 Å². The lowest BCUT2D eigenvalue weighted by Gasteiger charge is -2.06. The number of aryl methyl sites for hydroxylation is 1. The van der Waals surface area contributed by atoms with Gasteiger partial charge in [-0.3, -0.25) is 10.1 Å². The largest absolute Gasteiger partial charge is 0.354 e. The normalized spacial score (nSPS) is 10.5.